The van der Waals surface area contributed by atoms with Crippen LogP contribution in [0.3, 0.4) is 0 Å². The van der Waals surface area contributed by atoms with Gasteiger partial charge in [0.2, 0.25) is 0 Å². The molecule has 1 aromatic rings. The van der Waals surface area contributed by atoms with Gasteiger partial charge in [0.05, 0.1) is 5.56 Å². The van der Waals surface area contributed by atoms with E-state index in [1.807, 2.05) is 0 Å². The third-order valence-corrected chi connectivity index (χ3v) is 5.01. The number of aliphatic carboxylic acids is 1. The van der Waals surface area contributed by atoms with Crippen molar-refractivity contribution in [1.29, 1.82) is 0 Å². The van der Waals surface area contributed by atoms with Gasteiger partial charge in [-0.05, 0) is 18.6 Å². The topological polar surface area (TPSA) is 152 Å². The van der Waals surface area contributed by atoms with Gasteiger partial charge in [-0.15, -0.1) is 0 Å². The van der Waals surface area contributed by atoms with Crippen LogP contribution in [0.1, 0.15) is 121 Å². The van der Waals surface area contributed by atoms with Gasteiger partial charge in [-0.1, -0.05) is 115 Å². The largest absolute Gasteiger partial charge is 1.00 e. The molecular formula is C25H46LiO8P. The molecule has 8 nitrogen and oxygen atoms in total. The van der Waals surface area contributed by atoms with Gasteiger partial charge in [0, 0.05) is 6.42 Å². The molecule has 0 heterocycles. The van der Waals surface area contributed by atoms with Gasteiger partial charge in [0.25, 0.3) is 0 Å². The Bertz CT molecular complexity index is 650. The van der Waals surface area contributed by atoms with Gasteiger partial charge in [0.15, 0.2) is 0 Å². The number of carboxylic acids is 2. The molecular weight excluding hydrogens is 466 g/mol. The summed E-state index contributed by atoms with van der Waals surface area (Å²) in [5, 5.41) is 16.9. The van der Waals surface area contributed by atoms with Crippen molar-refractivity contribution in [2.24, 2.45) is 0 Å². The minimum Gasteiger partial charge on any atom is -1.00 e. The summed E-state index contributed by atoms with van der Waals surface area (Å²) in [6.07, 6.45) is 20.2. The Morgan fingerprint density at radius 2 is 1.00 bits per heavy atom. The second-order valence-corrected chi connectivity index (χ2v) is 9.30. The molecule has 0 unspecified atom stereocenters. The van der Waals surface area contributed by atoms with Gasteiger partial charge in [-0.3, -0.25) is 4.79 Å². The molecule has 0 spiro atoms. The number of rotatable bonds is 17. The predicted octanol–water partition coefficient (Wildman–Crippen LogP) is 3.91. The Morgan fingerprint density at radius 3 is 1.26 bits per heavy atom. The Labute approximate surface area is 224 Å². The van der Waals surface area contributed by atoms with E-state index in [9.17, 15) is 9.59 Å². The molecule has 0 aliphatic rings. The van der Waals surface area contributed by atoms with Gasteiger partial charge < -0.3 is 26.3 Å². The number of unbranched alkanes of at least 4 members (excludes halogenated alkanes) is 14. The van der Waals surface area contributed by atoms with Crippen molar-refractivity contribution in [1.82, 2.24) is 0 Å². The van der Waals surface area contributed by atoms with Gasteiger partial charge in [-0.25, -0.2) is 9.36 Å². The normalized spacial score (nSPS) is 10.2. The van der Waals surface area contributed by atoms with Crippen LogP contribution in [0.5, 0.6) is 0 Å². The van der Waals surface area contributed by atoms with Crippen LogP contribution in [-0.2, 0) is 9.36 Å². The van der Waals surface area contributed by atoms with Crippen LogP contribution in [0.2, 0.25) is 0 Å². The van der Waals surface area contributed by atoms with Crippen LogP contribution in [0.4, 0.5) is 0 Å². The summed E-state index contributed by atoms with van der Waals surface area (Å²) in [5.41, 5.74) is 0.331. The Kier molecular flexibility index (Phi) is 30.1. The van der Waals surface area contributed by atoms with E-state index in [1.54, 1.807) is 30.3 Å². The minimum atomic E-state index is -4.64. The van der Waals surface area contributed by atoms with Crippen molar-refractivity contribution in [3.63, 3.8) is 0 Å². The fraction of sp³-hybridized carbons (Fsp3) is 0.680. The fourth-order valence-corrected chi connectivity index (χ4v) is 3.23. The fourth-order valence-electron chi connectivity index (χ4n) is 3.23. The molecule has 0 aliphatic heterocycles. The van der Waals surface area contributed by atoms with E-state index in [0.717, 1.165) is 12.8 Å². The molecule has 0 aliphatic carbocycles. The van der Waals surface area contributed by atoms with Crippen molar-refractivity contribution in [3.05, 3.63) is 35.9 Å². The van der Waals surface area contributed by atoms with E-state index >= 15 is 0 Å². The molecule has 200 valence electrons. The van der Waals surface area contributed by atoms with Gasteiger partial charge >= 0.3 is 38.6 Å². The average Bonchev–Trinajstić information content (AvgIpc) is 2.76. The molecule has 0 bridgehead atoms. The van der Waals surface area contributed by atoms with E-state index < -0.39 is 19.8 Å². The summed E-state index contributed by atoms with van der Waals surface area (Å²) < 4.78 is 8.88. The molecule has 1 rings (SSSR count). The summed E-state index contributed by atoms with van der Waals surface area (Å²) in [7, 11) is -4.64. The van der Waals surface area contributed by atoms with Crippen LogP contribution < -0.4 is 18.9 Å². The van der Waals surface area contributed by atoms with Crippen molar-refractivity contribution in [2.75, 3.05) is 0 Å². The predicted molar refractivity (Wildman–Crippen MR) is 136 cm³/mol. The first-order chi connectivity index (χ1) is 16.1. The molecule has 0 saturated heterocycles. The van der Waals surface area contributed by atoms with Crippen LogP contribution in [0, 0.1) is 0 Å². The zero-order valence-corrected chi connectivity index (χ0v) is 22.5. The maximum absolute atomic E-state index is 10.3. The van der Waals surface area contributed by atoms with E-state index in [0.29, 0.717) is 12.0 Å². The number of benzene rings is 1. The van der Waals surface area contributed by atoms with Crippen LogP contribution >= 0.6 is 7.82 Å². The Hall–Kier alpha value is -1.13. The minimum absolute atomic E-state index is 0. The van der Waals surface area contributed by atoms with Crippen molar-refractivity contribution in [3.8, 4) is 0 Å². The van der Waals surface area contributed by atoms with E-state index in [1.165, 1.54) is 83.5 Å². The summed E-state index contributed by atoms with van der Waals surface area (Å²) in [4.78, 5) is 42.1. The number of hydrogen-bond donors (Lipinski definition) is 5. The molecule has 0 saturated carbocycles. The third-order valence-electron chi connectivity index (χ3n) is 5.01. The molecule has 0 radical (unpaired) electrons. The zero-order valence-electron chi connectivity index (χ0n) is 22.6. The average molecular weight is 513 g/mol. The van der Waals surface area contributed by atoms with Crippen molar-refractivity contribution in [2.45, 2.75) is 110 Å². The number of carboxylic acid groups (broad SMARTS) is 2. The quantitative estimate of drug-likeness (QED) is 0.120. The summed E-state index contributed by atoms with van der Waals surface area (Å²) in [6, 6.07) is 8.30. The molecule has 0 atom stereocenters. The van der Waals surface area contributed by atoms with E-state index in [-0.39, 0.29) is 20.3 Å². The first kappa shape index (κ1) is 38.4. The number of phosphoric acid groups is 1. The number of carbonyl (C=O) groups is 2. The number of hydrogen-bond acceptors (Lipinski definition) is 3. The molecule has 0 aromatic heterocycles. The Morgan fingerprint density at radius 1 is 0.686 bits per heavy atom. The molecule has 1 aromatic carbocycles. The second-order valence-electron chi connectivity index (χ2n) is 8.28. The maximum atomic E-state index is 10.3. The zero-order chi connectivity index (χ0) is 26.1. The van der Waals surface area contributed by atoms with Crippen molar-refractivity contribution >= 4 is 19.8 Å². The molecule has 0 fully saturated rings. The molecule has 5 N–H and O–H groups in total. The van der Waals surface area contributed by atoms with Gasteiger partial charge in [-0.2, -0.15) is 0 Å². The summed E-state index contributed by atoms with van der Waals surface area (Å²) in [5.74, 6) is -1.53. The first-order valence-corrected chi connectivity index (χ1v) is 13.9. The summed E-state index contributed by atoms with van der Waals surface area (Å²) >= 11 is 0. The SMILES string of the molecule is CCCCCCCCCCCCCCCCCC(=O)O.O=C(O)c1ccccc1.O=P(O)(O)O.[H-].[Li+]. The molecule has 35 heavy (non-hydrogen) atoms. The summed E-state index contributed by atoms with van der Waals surface area (Å²) in [6.45, 7) is 2.27. The van der Waals surface area contributed by atoms with Gasteiger partial charge in [0.1, 0.15) is 0 Å². The second kappa shape index (κ2) is 27.5. The van der Waals surface area contributed by atoms with Crippen LogP contribution in [-0.4, -0.2) is 36.8 Å². The van der Waals surface area contributed by atoms with Crippen molar-refractivity contribution < 1.29 is 59.3 Å². The van der Waals surface area contributed by atoms with E-state index in [4.69, 9.17) is 29.5 Å². The van der Waals surface area contributed by atoms with Crippen LogP contribution in [0.25, 0.3) is 0 Å². The smallest absolute Gasteiger partial charge is 1.00 e. The Balaban J connectivity index is -0.000000264. The van der Waals surface area contributed by atoms with Crippen LogP contribution in [0.15, 0.2) is 30.3 Å². The molecule has 10 heteroatoms. The first-order valence-electron chi connectivity index (χ1n) is 12.4. The monoisotopic (exact) mass is 512 g/mol. The maximum Gasteiger partial charge on any atom is 1.00 e. The third kappa shape index (κ3) is 40.3. The number of aromatic carboxylic acids is 1. The van der Waals surface area contributed by atoms with E-state index in [2.05, 4.69) is 6.92 Å². The standard InChI is InChI=1S/C18H36O2.C7H6O2.Li.H3O4P.H/c1-2-3-4-5-6-7-8-9-10-11-12-13-14-15-16-17-18(19)20;8-7(9)6-4-2-1-3-5-6;;1-5(2,3)4;/h2-17H2,1H3,(H,19,20);1-5H,(H,8,9);;(H3,1,2,3,4);/q;;+1;;-1. The molecule has 0 amide bonds.